The van der Waals surface area contributed by atoms with Crippen LogP contribution in [-0.2, 0) is 9.53 Å². The number of hydrogen-bond donors (Lipinski definition) is 2. The Labute approximate surface area is 104 Å². The fraction of sp³-hybridized carbons (Fsp3) is 0.923. The van der Waals surface area contributed by atoms with E-state index in [2.05, 4.69) is 5.32 Å². The predicted molar refractivity (Wildman–Crippen MR) is 66.6 cm³/mol. The summed E-state index contributed by atoms with van der Waals surface area (Å²) in [6, 6.07) is 0. The molecule has 0 radical (unpaired) electrons. The van der Waals surface area contributed by atoms with Crippen LogP contribution in [0.1, 0.15) is 40.0 Å². The van der Waals surface area contributed by atoms with Crippen LogP contribution in [0.15, 0.2) is 0 Å². The second kappa shape index (κ2) is 6.97. The van der Waals surface area contributed by atoms with Crippen molar-refractivity contribution in [1.29, 1.82) is 0 Å². The predicted octanol–water partition coefficient (Wildman–Crippen LogP) is 1.32. The number of aliphatic hydroxyl groups excluding tert-OH is 1. The molecule has 100 valence electrons. The monoisotopic (exact) mass is 243 g/mol. The van der Waals surface area contributed by atoms with Gasteiger partial charge >= 0.3 is 0 Å². The third kappa shape index (κ3) is 5.04. The van der Waals surface area contributed by atoms with Crippen LogP contribution in [0.4, 0.5) is 0 Å². The maximum Gasteiger partial charge on any atom is 0.223 e. The van der Waals surface area contributed by atoms with Crippen molar-refractivity contribution in [3.05, 3.63) is 0 Å². The van der Waals surface area contributed by atoms with Gasteiger partial charge in [0.25, 0.3) is 0 Å². The van der Waals surface area contributed by atoms with E-state index < -0.39 is 0 Å². The van der Waals surface area contributed by atoms with Gasteiger partial charge in [0.1, 0.15) is 0 Å². The first-order valence-corrected chi connectivity index (χ1v) is 6.57. The number of carbonyl (C=O) groups excluding carboxylic acids is 1. The van der Waals surface area contributed by atoms with E-state index in [1.807, 2.05) is 20.8 Å². The minimum Gasteiger partial charge on any atom is -0.396 e. The summed E-state index contributed by atoms with van der Waals surface area (Å²) >= 11 is 0. The van der Waals surface area contributed by atoms with Gasteiger partial charge in [-0.1, -0.05) is 6.92 Å². The average molecular weight is 243 g/mol. The van der Waals surface area contributed by atoms with Crippen molar-refractivity contribution >= 4 is 5.91 Å². The number of nitrogens with one attached hydrogen (secondary N) is 1. The van der Waals surface area contributed by atoms with Crippen molar-refractivity contribution < 1.29 is 14.6 Å². The van der Waals surface area contributed by atoms with Crippen LogP contribution < -0.4 is 5.32 Å². The van der Waals surface area contributed by atoms with E-state index in [0.717, 1.165) is 19.3 Å². The number of hydrogen-bond acceptors (Lipinski definition) is 3. The summed E-state index contributed by atoms with van der Waals surface area (Å²) in [6.07, 6.45) is 2.70. The molecule has 1 amide bonds. The van der Waals surface area contributed by atoms with Crippen LogP contribution in [0.2, 0.25) is 0 Å². The molecule has 0 aromatic carbocycles. The summed E-state index contributed by atoms with van der Waals surface area (Å²) in [5.41, 5.74) is 0. The molecule has 17 heavy (non-hydrogen) atoms. The largest absolute Gasteiger partial charge is 0.396 e. The lowest BCUT2D eigenvalue weighted by atomic mass is 9.91. The van der Waals surface area contributed by atoms with Crippen molar-refractivity contribution in [1.82, 2.24) is 5.32 Å². The molecule has 1 fully saturated rings. The zero-order chi connectivity index (χ0) is 12.8. The van der Waals surface area contributed by atoms with Gasteiger partial charge in [-0.3, -0.25) is 4.79 Å². The molecule has 1 aliphatic rings. The summed E-state index contributed by atoms with van der Waals surface area (Å²) in [5.74, 6) is 0.547. The van der Waals surface area contributed by atoms with Gasteiger partial charge in [0.05, 0.1) is 12.2 Å². The molecule has 0 aromatic rings. The number of rotatable bonds is 5. The minimum absolute atomic E-state index is 0.0788. The van der Waals surface area contributed by atoms with Crippen molar-refractivity contribution in [3.63, 3.8) is 0 Å². The van der Waals surface area contributed by atoms with E-state index in [0.29, 0.717) is 12.5 Å². The highest BCUT2D eigenvalue weighted by atomic mass is 16.5. The quantitative estimate of drug-likeness (QED) is 0.765. The van der Waals surface area contributed by atoms with Crippen LogP contribution >= 0.6 is 0 Å². The van der Waals surface area contributed by atoms with Crippen LogP contribution in [-0.4, -0.2) is 36.4 Å². The molecular formula is C13H25NO3. The van der Waals surface area contributed by atoms with Gasteiger partial charge in [-0.05, 0) is 39.0 Å². The Hall–Kier alpha value is -0.610. The summed E-state index contributed by atoms with van der Waals surface area (Å²) in [4.78, 5) is 12.0. The average Bonchev–Trinajstić information content (AvgIpc) is 2.25. The molecule has 0 saturated carbocycles. The maximum absolute atomic E-state index is 12.0. The van der Waals surface area contributed by atoms with Crippen LogP contribution in [0.3, 0.4) is 0 Å². The molecular weight excluding hydrogens is 218 g/mol. The summed E-state index contributed by atoms with van der Waals surface area (Å²) in [6.45, 7) is 6.91. The topological polar surface area (TPSA) is 58.6 Å². The highest BCUT2D eigenvalue weighted by Crippen LogP contribution is 2.24. The van der Waals surface area contributed by atoms with Gasteiger partial charge in [0.15, 0.2) is 0 Å². The van der Waals surface area contributed by atoms with Crippen LogP contribution in [0, 0.1) is 11.8 Å². The van der Waals surface area contributed by atoms with E-state index in [1.165, 1.54) is 0 Å². The maximum atomic E-state index is 12.0. The molecule has 2 N–H and O–H groups in total. The molecule has 0 bridgehead atoms. The van der Waals surface area contributed by atoms with Gasteiger partial charge in [-0.15, -0.1) is 0 Å². The highest BCUT2D eigenvalue weighted by Gasteiger charge is 2.29. The fourth-order valence-corrected chi connectivity index (χ4v) is 2.36. The normalized spacial score (nSPS) is 30.9. The number of amides is 1. The summed E-state index contributed by atoms with van der Waals surface area (Å²) in [5, 5.41) is 11.8. The number of ether oxygens (including phenoxy) is 1. The second-order valence-electron chi connectivity index (χ2n) is 5.29. The molecule has 0 aliphatic carbocycles. The SMILES string of the molecule is CC(CCO)CNC(=O)C1CC(C)OC(C)C1. The molecule has 1 rings (SSSR count). The molecule has 4 heteroatoms. The zero-order valence-electron chi connectivity index (χ0n) is 11.1. The van der Waals surface area contributed by atoms with Crippen molar-refractivity contribution in [2.24, 2.45) is 11.8 Å². The Morgan fingerprint density at radius 2 is 2.00 bits per heavy atom. The first-order valence-electron chi connectivity index (χ1n) is 6.57. The van der Waals surface area contributed by atoms with E-state index in [4.69, 9.17) is 9.84 Å². The molecule has 1 heterocycles. The van der Waals surface area contributed by atoms with E-state index >= 15 is 0 Å². The van der Waals surface area contributed by atoms with Crippen LogP contribution in [0.25, 0.3) is 0 Å². The lowest BCUT2D eigenvalue weighted by Gasteiger charge is -2.31. The Bertz CT molecular complexity index is 235. The van der Waals surface area contributed by atoms with Crippen molar-refractivity contribution in [3.8, 4) is 0 Å². The van der Waals surface area contributed by atoms with E-state index in [9.17, 15) is 4.79 Å². The third-order valence-electron chi connectivity index (χ3n) is 3.31. The fourth-order valence-electron chi connectivity index (χ4n) is 2.36. The molecule has 3 atom stereocenters. The smallest absolute Gasteiger partial charge is 0.223 e. The van der Waals surface area contributed by atoms with Gasteiger partial charge in [-0.2, -0.15) is 0 Å². The minimum atomic E-state index is 0.0788. The summed E-state index contributed by atoms with van der Waals surface area (Å²) in [7, 11) is 0. The molecule has 1 saturated heterocycles. The summed E-state index contributed by atoms with van der Waals surface area (Å²) < 4.78 is 5.62. The van der Waals surface area contributed by atoms with Gasteiger partial charge in [0, 0.05) is 19.1 Å². The number of carbonyl (C=O) groups is 1. The van der Waals surface area contributed by atoms with Crippen molar-refractivity contribution in [2.75, 3.05) is 13.2 Å². The van der Waals surface area contributed by atoms with Gasteiger partial charge in [-0.25, -0.2) is 0 Å². The zero-order valence-corrected chi connectivity index (χ0v) is 11.1. The molecule has 0 aromatic heterocycles. The second-order valence-corrected chi connectivity index (χ2v) is 5.29. The lowest BCUT2D eigenvalue weighted by Crippen LogP contribution is -2.40. The van der Waals surface area contributed by atoms with Gasteiger partial charge in [0.2, 0.25) is 5.91 Å². The molecule has 3 unspecified atom stereocenters. The molecule has 0 spiro atoms. The molecule has 1 aliphatic heterocycles. The Morgan fingerprint density at radius 1 is 1.41 bits per heavy atom. The van der Waals surface area contributed by atoms with Crippen molar-refractivity contribution in [2.45, 2.75) is 52.2 Å². The number of aliphatic hydroxyl groups is 1. The highest BCUT2D eigenvalue weighted by molar-refractivity contribution is 5.78. The molecule has 4 nitrogen and oxygen atoms in total. The Morgan fingerprint density at radius 3 is 2.53 bits per heavy atom. The Kier molecular flexibility index (Phi) is 5.92. The van der Waals surface area contributed by atoms with Gasteiger partial charge < -0.3 is 15.2 Å². The standard InChI is InChI=1S/C13H25NO3/c1-9(4-5-15)8-14-13(16)12-6-10(2)17-11(3)7-12/h9-12,15H,4-8H2,1-3H3,(H,14,16). The lowest BCUT2D eigenvalue weighted by molar-refractivity contribution is -0.133. The van der Waals surface area contributed by atoms with E-state index in [-0.39, 0.29) is 30.6 Å². The Balaban J connectivity index is 2.31. The van der Waals surface area contributed by atoms with Crippen LogP contribution in [0.5, 0.6) is 0 Å². The van der Waals surface area contributed by atoms with E-state index in [1.54, 1.807) is 0 Å². The third-order valence-corrected chi connectivity index (χ3v) is 3.31. The first-order chi connectivity index (χ1) is 8.02. The first kappa shape index (κ1) is 14.5.